The Labute approximate surface area is 106 Å². The molecule has 1 aromatic heterocycles. The summed E-state index contributed by atoms with van der Waals surface area (Å²) in [6, 6.07) is 2.14. The van der Waals surface area contributed by atoms with Crippen molar-refractivity contribution in [3.8, 4) is 0 Å². The molecular weight excluding hydrogens is 240 g/mol. The second-order valence-corrected chi connectivity index (χ2v) is 4.92. The van der Waals surface area contributed by atoms with Crippen molar-refractivity contribution >= 4 is 28.5 Å². The minimum atomic E-state index is 0.577. The molecule has 0 aliphatic heterocycles. The zero-order valence-electron chi connectivity index (χ0n) is 9.52. The largest absolute Gasteiger partial charge is 0.393 e. The summed E-state index contributed by atoms with van der Waals surface area (Å²) < 4.78 is 5.10. The van der Waals surface area contributed by atoms with Gasteiger partial charge in [-0.2, -0.15) is 11.3 Å². The molecule has 3 nitrogen and oxygen atoms in total. The Morgan fingerprint density at radius 1 is 1.56 bits per heavy atom. The van der Waals surface area contributed by atoms with Crippen LogP contribution < -0.4 is 5.73 Å². The average molecular weight is 258 g/mol. The zero-order chi connectivity index (χ0) is 11.8. The summed E-state index contributed by atoms with van der Waals surface area (Å²) in [6.07, 6.45) is 0.767. The van der Waals surface area contributed by atoms with Gasteiger partial charge in [0, 0.05) is 33.2 Å². The van der Waals surface area contributed by atoms with Gasteiger partial charge in [-0.3, -0.25) is 4.90 Å². The predicted octanol–water partition coefficient (Wildman–Crippen LogP) is 1.87. The lowest BCUT2D eigenvalue weighted by atomic mass is 10.3. The summed E-state index contributed by atoms with van der Waals surface area (Å²) in [7, 11) is 1.72. The first-order chi connectivity index (χ1) is 7.72. The number of rotatable bonds is 8. The Bertz CT molecular complexity index is 301. The fourth-order valence-electron chi connectivity index (χ4n) is 1.40. The second kappa shape index (κ2) is 7.73. The van der Waals surface area contributed by atoms with E-state index in [1.165, 1.54) is 5.56 Å². The van der Waals surface area contributed by atoms with Crippen molar-refractivity contribution in [2.24, 2.45) is 5.73 Å². The van der Waals surface area contributed by atoms with Gasteiger partial charge in [0.2, 0.25) is 0 Å². The molecule has 0 aromatic carbocycles. The zero-order valence-corrected chi connectivity index (χ0v) is 11.1. The molecule has 0 atom stereocenters. The molecule has 0 bridgehead atoms. The third-order valence-electron chi connectivity index (χ3n) is 2.27. The minimum Gasteiger partial charge on any atom is -0.393 e. The van der Waals surface area contributed by atoms with E-state index in [4.69, 9.17) is 22.7 Å². The normalized spacial score (nSPS) is 10.9. The van der Waals surface area contributed by atoms with Gasteiger partial charge in [0.15, 0.2) is 0 Å². The summed E-state index contributed by atoms with van der Waals surface area (Å²) in [5, 5.41) is 4.26. The highest BCUT2D eigenvalue weighted by Crippen LogP contribution is 2.09. The summed E-state index contributed by atoms with van der Waals surface area (Å²) in [6.45, 7) is 3.49. The molecule has 0 aliphatic carbocycles. The van der Waals surface area contributed by atoms with E-state index in [1.807, 2.05) is 0 Å². The van der Waals surface area contributed by atoms with Crippen LogP contribution in [0.15, 0.2) is 16.8 Å². The molecule has 2 N–H and O–H groups in total. The molecule has 0 spiro atoms. The highest BCUT2D eigenvalue weighted by molar-refractivity contribution is 7.80. The van der Waals surface area contributed by atoms with Crippen molar-refractivity contribution in [3.05, 3.63) is 22.4 Å². The molecule has 0 saturated heterocycles. The number of ether oxygens (including phenoxy) is 1. The molecule has 0 saturated carbocycles. The number of nitrogens with zero attached hydrogens (tertiary/aromatic N) is 1. The smallest absolute Gasteiger partial charge is 0.0740 e. The molecule has 0 radical (unpaired) electrons. The molecule has 5 heteroatoms. The van der Waals surface area contributed by atoms with Crippen molar-refractivity contribution in [2.45, 2.75) is 13.0 Å². The summed E-state index contributed by atoms with van der Waals surface area (Å²) >= 11 is 6.62. The van der Waals surface area contributed by atoms with Crippen LogP contribution in [0.5, 0.6) is 0 Å². The van der Waals surface area contributed by atoms with Crippen LogP contribution in [0.2, 0.25) is 0 Å². The van der Waals surface area contributed by atoms with Crippen molar-refractivity contribution in [1.29, 1.82) is 0 Å². The first-order valence-electron chi connectivity index (χ1n) is 5.23. The fraction of sp³-hybridized carbons (Fsp3) is 0.545. The van der Waals surface area contributed by atoms with Crippen LogP contribution in [0.25, 0.3) is 0 Å². The van der Waals surface area contributed by atoms with E-state index in [2.05, 4.69) is 21.7 Å². The SMILES string of the molecule is COCCN(CCC(N)=S)Cc1ccsc1. The monoisotopic (exact) mass is 258 g/mol. The number of thiocarbonyl (C=S) groups is 1. The van der Waals surface area contributed by atoms with E-state index >= 15 is 0 Å². The van der Waals surface area contributed by atoms with Crippen molar-refractivity contribution in [2.75, 3.05) is 26.8 Å². The van der Waals surface area contributed by atoms with E-state index in [9.17, 15) is 0 Å². The van der Waals surface area contributed by atoms with E-state index in [0.717, 1.165) is 32.7 Å². The van der Waals surface area contributed by atoms with Crippen molar-refractivity contribution < 1.29 is 4.74 Å². The van der Waals surface area contributed by atoms with E-state index < -0.39 is 0 Å². The third kappa shape index (κ3) is 5.55. The molecule has 90 valence electrons. The topological polar surface area (TPSA) is 38.5 Å². The summed E-state index contributed by atoms with van der Waals surface area (Å²) in [4.78, 5) is 2.89. The third-order valence-corrected chi connectivity index (χ3v) is 3.21. The molecule has 0 aliphatic rings. The Morgan fingerprint density at radius 3 is 2.94 bits per heavy atom. The lowest BCUT2D eigenvalue weighted by molar-refractivity contribution is 0.146. The molecule has 0 amide bonds. The first kappa shape index (κ1) is 13.6. The molecule has 0 unspecified atom stereocenters. The van der Waals surface area contributed by atoms with Crippen LogP contribution >= 0.6 is 23.6 Å². The van der Waals surface area contributed by atoms with Gasteiger partial charge in [-0.25, -0.2) is 0 Å². The van der Waals surface area contributed by atoms with Crippen LogP contribution in [0.3, 0.4) is 0 Å². The summed E-state index contributed by atoms with van der Waals surface area (Å²) in [5.74, 6) is 0. The van der Waals surface area contributed by atoms with Gasteiger partial charge in [-0.05, 0) is 22.4 Å². The number of hydrogen-bond donors (Lipinski definition) is 1. The van der Waals surface area contributed by atoms with Crippen molar-refractivity contribution in [3.63, 3.8) is 0 Å². The van der Waals surface area contributed by atoms with Gasteiger partial charge >= 0.3 is 0 Å². The Kier molecular flexibility index (Phi) is 6.56. The fourth-order valence-corrected chi connectivity index (χ4v) is 2.15. The maximum Gasteiger partial charge on any atom is 0.0740 e. The summed E-state index contributed by atoms with van der Waals surface area (Å²) in [5.41, 5.74) is 6.86. The molecular formula is C11H18N2OS2. The number of thiophene rings is 1. The molecule has 1 rings (SSSR count). The van der Waals surface area contributed by atoms with Crippen LogP contribution in [0.4, 0.5) is 0 Å². The van der Waals surface area contributed by atoms with Gasteiger partial charge in [-0.15, -0.1) is 0 Å². The highest BCUT2D eigenvalue weighted by Gasteiger charge is 2.06. The maximum atomic E-state index is 5.52. The lowest BCUT2D eigenvalue weighted by Crippen LogP contribution is -2.30. The van der Waals surface area contributed by atoms with Crippen LogP contribution in [0, 0.1) is 0 Å². The number of hydrogen-bond acceptors (Lipinski definition) is 4. The number of nitrogens with two attached hydrogens (primary N) is 1. The average Bonchev–Trinajstić information content (AvgIpc) is 2.74. The lowest BCUT2D eigenvalue weighted by Gasteiger charge is -2.21. The molecule has 1 heterocycles. The second-order valence-electron chi connectivity index (χ2n) is 3.62. The van der Waals surface area contributed by atoms with E-state index in [1.54, 1.807) is 18.4 Å². The molecule has 0 fully saturated rings. The minimum absolute atomic E-state index is 0.577. The quantitative estimate of drug-likeness (QED) is 0.723. The van der Waals surface area contributed by atoms with Gasteiger partial charge in [0.1, 0.15) is 0 Å². The van der Waals surface area contributed by atoms with Gasteiger partial charge in [-0.1, -0.05) is 12.2 Å². The van der Waals surface area contributed by atoms with Crippen LogP contribution in [-0.4, -0.2) is 36.7 Å². The Morgan fingerprint density at radius 2 is 2.38 bits per heavy atom. The van der Waals surface area contributed by atoms with Gasteiger partial charge < -0.3 is 10.5 Å². The number of methoxy groups -OCH3 is 1. The van der Waals surface area contributed by atoms with Gasteiger partial charge in [0.25, 0.3) is 0 Å². The Hall–Kier alpha value is -0.490. The standard InChI is InChI=1S/C11H18N2OS2/c1-14-6-5-13(4-2-11(12)15)8-10-3-7-16-9-10/h3,7,9H,2,4-6,8H2,1H3,(H2,12,15). The van der Waals surface area contributed by atoms with Crippen LogP contribution in [0.1, 0.15) is 12.0 Å². The van der Waals surface area contributed by atoms with E-state index in [-0.39, 0.29) is 0 Å². The van der Waals surface area contributed by atoms with Crippen LogP contribution in [-0.2, 0) is 11.3 Å². The predicted molar refractivity (Wildman–Crippen MR) is 72.9 cm³/mol. The first-order valence-corrected chi connectivity index (χ1v) is 6.58. The molecule has 1 aromatic rings. The van der Waals surface area contributed by atoms with Gasteiger partial charge in [0.05, 0.1) is 11.6 Å². The highest BCUT2D eigenvalue weighted by atomic mass is 32.1. The van der Waals surface area contributed by atoms with E-state index in [0.29, 0.717) is 4.99 Å². The Balaban J connectivity index is 2.39. The van der Waals surface area contributed by atoms with Crippen molar-refractivity contribution in [1.82, 2.24) is 4.90 Å². The molecule has 16 heavy (non-hydrogen) atoms. The maximum absolute atomic E-state index is 5.52.